The minimum atomic E-state index is -3.34. The number of aliphatic hydroxyl groups excluding tert-OH is 1. The lowest BCUT2D eigenvalue weighted by Gasteiger charge is -2.34. The number of morpholine rings is 1. The highest BCUT2D eigenvalue weighted by atomic mass is 32.2. The number of aliphatic hydroxyl groups is 1. The lowest BCUT2D eigenvalue weighted by molar-refractivity contribution is 0.0985. The van der Waals surface area contributed by atoms with E-state index in [0.29, 0.717) is 61.2 Å². The molecule has 2 fully saturated rings. The van der Waals surface area contributed by atoms with Crippen molar-refractivity contribution in [2.75, 3.05) is 42.3 Å². The van der Waals surface area contributed by atoms with Crippen molar-refractivity contribution < 1.29 is 23.1 Å². The molecule has 1 saturated heterocycles. The van der Waals surface area contributed by atoms with Gasteiger partial charge in [0.15, 0.2) is 15.7 Å². The molecule has 2 aromatic rings. The van der Waals surface area contributed by atoms with Gasteiger partial charge in [0.1, 0.15) is 10.6 Å². The first-order valence-electron chi connectivity index (χ1n) is 12.3. The van der Waals surface area contributed by atoms with E-state index in [-0.39, 0.29) is 18.4 Å². The summed E-state index contributed by atoms with van der Waals surface area (Å²) in [7, 11) is -3.34. The largest absolute Gasteiger partial charge is 0.394 e. The number of rotatable bonds is 8. The third-order valence-electron chi connectivity index (χ3n) is 6.77. The average Bonchev–Trinajstić information content (AvgIpc) is 3.67. The minimum Gasteiger partial charge on any atom is -0.394 e. The van der Waals surface area contributed by atoms with E-state index < -0.39 is 26.2 Å². The van der Waals surface area contributed by atoms with Gasteiger partial charge in [0, 0.05) is 29.6 Å². The van der Waals surface area contributed by atoms with E-state index in [1.165, 1.54) is 0 Å². The second kappa shape index (κ2) is 9.95. The van der Waals surface area contributed by atoms with Crippen molar-refractivity contribution in [1.82, 2.24) is 15.3 Å². The van der Waals surface area contributed by atoms with Crippen LogP contribution in [0.25, 0.3) is 11.4 Å². The predicted octanol–water partition coefficient (Wildman–Crippen LogP) is 2.68. The van der Waals surface area contributed by atoms with Gasteiger partial charge in [0.2, 0.25) is 0 Å². The lowest BCUT2D eigenvalue weighted by Crippen LogP contribution is -2.48. The van der Waals surface area contributed by atoms with Crippen molar-refractivity contribution >= 4 is 27.4 Å². The van der Waals surface area contributed by atoms with E-state index in [2.05, 4.69) is 22.5 Å². The number of amides is 2. The average molecular weight is 518 g/mol. The maximum atomic E-state index is 13.0. The standard InChI is InChI=1S/C25H35N5O5S/c1-5-36(33,34)25(10-11-25)20-14-21(30-12-13-35-15-17(30)2)28-22(27-20)18-6-8-19(9-7-18)26-23(32)29-24(3,4)16-31/h6-9,14,17,31H,5,10-13,15-16H2,1-4H3,(H2,26,29,32)/t17-/m0/s1. The first-order valence-corrected chi connectivity index (χ1v) is 13.9. The van der Waals surface area contributed by atoms with Crippen LogP contribution in [0.3, 0.4) is 0 Å². The smallest absolute Gasteiger partial charge is 0.319 e. The molecule has 1 aliphatic carbocycles. The molecule has 2 amide bonds. The van der Waals surface area contributed by atoms with E-state index in [1.807, 2.05) is 6.07 Å². The van der Waals surface area contributed by atoms with Gasteiger partial charge in [-0.15, -0.1) is 0 Å². The van der Waals surface area contributed by atoms with Gasteiger partial charge in [-0.3, -0.25) is 0 Å². The summed E-state index contributed by atoms with van der Waals surface area (Å²) in [5.41, 5.74) is 1.07. The molecule has 0 spiro atoms. The second-order valence-corrected chi connectivity index (χ2v) is 12.7. The van der Waals surface area contributed by atoms with Crippen LogP contribution in [0.1, 0.15) is 46.2 Å². The zero-order valence-electron chi connectivity index (χ0n) is 21.2. The number of aromatic nitrogens is 2. The van der Waals surface area contributed by atoms with Crippen molar-refractivity contribution in [2.24, 2.45) is 0 Å². The van der Waals surface area contributed by atoms with Crippen LogP contribution >= 0.6 is 0 Å². The third-order valence-corrected chi connectivity index (χ3v) is 9.34. The Bertz CT molecular complexity index is 1210. The van der Waals surface area contributed by atoms with E-state index >= 15 is 0 Å². The van der Waals surface area contributed by atoms with Crippen LogP contribution in [0.2, 0.25) is 0 Å². The highest BCUT2D eigenvalue weighted by Crippen LogP contribution is 2.53. The monoisotopic (exact) mass is 517 g/mol. The molecule has 2 heterocycles. The van der Waals surface area contributed by atoms with Crippen molar-refractivity contribution in [3.8, 4) is 11.4 Å². The Morgan fingerprint density at radius 2 is 1.94 bits per heavy atom. The first kappa shape index (κ1) is 26.3. The maximum Gasteiger partial charge on any atom is 0.319 e. The number of anilines is 2. The summed E-state index contributed by atoms with van der Waals surface area (Å²) in [6.45, 7) is 8.79. The molecule has 1 atom stereocenters. The van der Waals surface area contributed by atoms with Gasteiger partial charge in [0.05, 0.1) is 37.1 Å². The highest BCUT2D eigenvalue weighted by Gasteiger charge is 2.56. The summed E-state index contributed by atoms with van der Waals surface area (Å²) in [4.78, 5) is 23.9. The number of sulfone groups is 1. The number of hydrogen-bond donors (Lipinski definition) is 3. The summed E-state index contributed by atoms with van der Waals surface area (Å²) in [5.74, 6) is 1.19. The summed E-state index contributed by atoms with van der Waals surface area (Å²) < 4.78 is 30.6. The number of nitrogens with one attached hydrogen (secondary N) is 2. The van der Waals surface area contributed by atoms with Crippen molar-refractivity contribution in [2.45, 2.75) is 56.9 Å². The Morgan fingerprint density at radius 1 is 1.25 bits per heavy atom. The maximum absolute atomic E-state index is 13.0. The highest BCUT2D eigenvalue weighted by molar-refractivity contribution is 7.92. The van der Waals surface area contributed by atoms with Crippen LogP contribution in [0.4, 0.5) is 16.3 Å². The summed E-state index contributed by atoms with van der Waals surface area (Å²) in [6.07, 6.45) is 1.11. The van der Waals surface area contributed by atoms with E-state index in [9.17, 15) is 18.3 Å². The molecule has 1 aromatic carbocycles. The molecule has 1 aromatic heterocycles. The van der Waals surface area contributed by atoms with Crippen LogP contribution in [0.15, 0.2) is 30.3 Å². The van der Waals surface area contributed by atoms with Crippen LogP contribution in [-0.2, 0) is 19.3 Å². The normalized spacial score (nSPS) is 19.6. The summed E-state index contributed by atoms with van der Waals surface area (Å²) >= 11 is 0. The molecule has 3 N–H and O–H groups in total. The molecule has 0 unspecified atom stereocenters. The lowest BCUT2D eigenvalue weighted by atomic mass is 10.1. The van der Waals surface area contributed by atoms with Crippen molar-refractivity contribution in [3.05, 3.63) is 36.0 Å². The molecule has 196 valence electrons. The minimum absolute atomic E-state index is 0.0607. The number of carbonyl (C=O) groups is 1. The van der Waals surface area contributed by atoms with E-state index in [4.69, 9.17) is 14.7 Å². The van der Waals surface area contributed by atoms with E-state index in [1.54, 1.807) is 45.0 Å². The van der Waals surface area contributed by atoms with Crippen LogP contribution < -0.4 is 15.5 Å². The van der Waals surface area contributed by atoms with Gasteiger partial charge in [0.25, 0.3) is 0 Å². The number of hydrogen-bond acceptors (Lipinski definition) is 8. The van der Waals surface area contributed by atoms with Gasteiger partial charge in [-0.25, -0.2) is 23.2 Å². The Labute approximate surface area is 212 Å². The molecule has 4 rings (SSSR count). The zero-order valence-corrected chi connectivity index (χ0v) is 22.1. The molecule has 0 bridgehead atoms. The van der Waals surface area contributed by atoms with Crippen LogP contribution in [-0.4, -0.2) is 73.2 Å². The number of urea groups is 1. The van der Waals surface area contributed by atoms with Crippen LogP contribution in [0, 0.1) is 0 Å². The van der Waals surface area contributed by atoms with E-state index in [0.717, 1.165) is 0 Å². The van der Waals surface area contributed by atoms with Gasteiger partial charge < -0.3 is 25.4 Å². The quantitative estimate of drug-likeness (QED) is 0.487. The fourth-order valence-electron chi connectivity index (χ4n) is 4.34. The Hall–Kier alpha value is -2.76. The second-order valence-electron chi connectivity index (χ2n) is 10.1. The fourth-order valence-corrected chi connectivity index (χ4v) is 6.04. The predicted molar refractivity (Wildman–Crippen MR) is 139 cm³/mol. The summed E-state index contributed by atoms with van der Waals surface area (Å²) in [6, 6.07) is 8.57. The molecule has 1 aliphatic heterocycles. The molecular weight excluding hydrogens is 482 g/mol. The molecule has 36 heavy (non-hydrogen) atoms. The molecule has 11 heteroatoms. The third kappa shape index (κ3) is 5.33. The Kier molecular flexibility index (Phi) is 7.27. The number of carbonyl (C=O) groups excluding carboxylic acids is 1. The van der Waals surface area contributed by atoms with Gasteiger partial charge >= 0.3 is 6.03 Å². The molecule has 1 saturated carbocycles. The summed E-state index contributed by atoms with van der Waals surface area (Å²) in [5, 5.41) is 14.8. The molecular formula is C25H35N5O5S. The van der Waals surface area contributed by atoms with Crippen LogP contribution in [0.5, 0.6) is 0 Å². The number of nitrogens with zero attached hydrogens (tertiary/aromatic N) is 3. The Morgan fingerprint density at radius 3 is 2.53 bits per heavy atom. The van der Waals surface area contributed by atoms with Gasteiger partial charge in [-0.2, -0.15) is 0 Å². The fraction of sp³-hybridized carbons (Fsp3) is 0.560. The zero-order chi connectivity index (χ0) is 26.1. The topological polar surface area (TPSA) is 134 Å². The number of benzene rings is 1. The van der Waals surface area contributed by atoms with Crippen molar-refractivity contribution in [1.29, 1.82) is 0 Å². The van der Waals surface area contributed by atoms with Gasteiger partial charge in [-0.05, 0) is 57.9 Å². The number of ether oxygens (including phenoxy) is 1. The molecule has 10 nitrogen and oxygen atoms in total. The first-order chi connectivity index (χ1) is 17.0. The molecule has 0 radical (unpaired) electrons. The molecule has 2 aliphatic rings. The Balaban J connectivity index is 1.67. The van der Waals surface area contributed by atoms with Crippen molar-refractivity contribution in [3.63, 3.8) is 0 Å². The van der Waals surface area contributed by atoms with Gasteiger partial charge in [-0.1, -0.05) is 6.92 Å². The SMILES string of the molecule is CCS(=O)(=O)C1(c2cc(N3CCOC[C@@H]3C)nc(-c3ccc(NC(=O)NC(C)(C)CO)cc3)n2)CC1.